The normalized spacial score (nSPS) is 15.3. The van der Waals surface area contributed by atoms with Crippen molar-refractivity contribution in [1.82, 2.24) is 14.1 Å². The van der Waals surface area contributed by atoms with E-state index in [-0.39, 0.29) is 10.8 Å². The summed E-state index contributed by atoms with van der Waals surface area (Å²) in [4.78, 5) is 25.4. The van der Waals surface area contributed by atoms with Crippen LogP contribution in [0.15, 0.2) is 70.4 Å². The number of anilines is 1. The summed E-state index contributed by atoms with van der Waals surface area (Å²) in [6.45, 7) is 4.39. The molecule has 1 atom stereocenters. The molecule has 4 rings (SSSR count). The van der Waals surface area contributed by atoms with Gasteiger partial charge in [0.2, 0.25) is 15.9 Å². The van der Waals surface area contributed by atoms with Gasteiger partial charge in [-0.05, 0) is 56.5 Å². The Morgan fingerprint density at radius 1 is 1.03 bits per heavy atom. The predicted molar refractivity (Wildman–Crippen MR) is 126 cm³/mol. The van der Waals surface area contributed by atoms with Gasteiger partial charge in [0.05, 0.1) is 10.6 Å². The van der Waals surface area contributed by atoms with Crippen molar-refractivity contribution in [3.05, 3.63) is 76.6 Å². The molecule has 0 aliphatic carbocycles. The quantitative estimate of drug-likeness (QED) is 0.601. The Labute approximate surface area is 192 Å². The second-order valence-electron chi connectivity index (χ2n) is 8.12. The van der Waals surface area contributed by atoms with Gasteiger partial charge in [0.1, 0.15) is 6.04 Å². The fourth-order valence-electron chi connectivity index (χ4n) is 3.84. The maximum absolute atomic E-state index is 13.1. The monoisotopic (exact) mass is 466 g/mol. The number of amides is 1. The van der Waals surface area contributed by atoms with Crippen molar-refractivity contribution in [2.45, 2.75) is 37.6 Å². The molecule has 33 heavy (non-hydrogen) atoms. The summed E-state index contributed by atoms with van der Waals surface area (Å²) in [5.74, 6) is -0.380. The minimum atomic E-state index is -3.61. The highest BCUT2D eigenvalue weighted by Gasteiger charge is 2.29. The molecule has 1 fully saturated rings. The number of benzene rings is 2. The van der Waals surface area contributed by atoms with Crippen molar-refractivity contribution in [3.8, 4) is 11.3 Å². The molecule has 172 valence electrons. The minimum absolute atomic E-state index is 0.233. The van der Waals surface area contributed by atoms with Gasteiger partial charge < -0.3 is 5.32 Å². The molecule has 0 spiro atoms. The number of carbonyl (C=O) groups is 1. The van der Waals surface area contributed by atoms with Crippen molar-refractivity contribution >= 4 is 21.6 Å². The number of sulfonamides is 1. The van der Waals surface area contributed by atoms with Crippen molar-refractivity contribution in [1.29, 1.82) is 0 Å². The first-order valence-corrected chi connectivity index (χ1v) is 12.3. The molecule has 8 nitrogen and oxygen atoms in total. The molecule has 9 heteroatoms. The van der Waals surface area contributed by atoms with Crippen LogP contribution in [0.25, 0.3) is 11.3 Å². The second-order valence-corrected chi connectivity index (χ2v) is 10.0. The summed E-state index contributed by atoms with van der Waals surface area (Å²) < 4.78 is 28.9. The van der Waals surface area contributed by atoms with E-state index < -0.39 is 21.6 Å². The van der Waals surface area contributed by atoms with Gasteiger partial charge in [-0.25, -0.2) is 13.1 Å². The van der Waals surface area contributed by atoms with Crippen molar-refractivity contribution < 1.29 is 13.2 Å². The first-order valence-electron chi connectivity index (χ1n) is 10.8. The van der Waals surface area contributed by atoms with E-state index in [4.69, 9.17) is 0 Å². The van der Waals surface area contributed by atoms with Crippen molar-refractivity contribution in [2.24, 2.45) is 0 Å². The molecule has 1 saturated heterocycles. The van der Waals surface area contributed by atoms with Crippen molar-refractivity contribution in [2.75, 3.05) is 18.4 Å². The highest BCUT2D eigenvalue weighted by Crippen LogP contribution is 2.28. The van der Waals surface area contributed by atoms with Gasteiger partial charge in [-0.3, -0.25) is 9.59 Å². The average molecular weight is 467 g/mol. The third-order valence-corrected chi connectivity index (χ3v) is 7.82. The maximum Gasteiger partial charge on any atom is 0.267 e. The lowest BCUT2D eigenvalue weighted by Gasteiger charge is -2.18. The molecule has 1 unspecified atom stereocenters. The van der Waals surface area contributed by atoms with E-state index in [9.17, 15) is 18.0 Å². The van der Waals surface area contributed by atoms with Gasteiger partial charge in [-0.1, -0.05) is 30.3 Å². The predicted octanol–water partition coefficient (Wildman–Crippen LogP) is 3.20. The van der Waals surface area contributed by atoms with Crippen LogP contribution in [0, 0.1) is 6.92 Å². The zero-order chi connectivity index (χ0) is 23.6. The SMILES string of the molecule is Cc1ccc(-c2ccc(=O)n(C(C)C(=O)Nc3ccccc3)n2)cc1S(=O)(=O)N1CCCC1. The molecular formula is C24H26N4O4S. The number of hydrogen-bond donors (Lipinski definition) is 1. The number of carbonyl (C=O) groups excluding carboxylic acids is 1. The summed E-state index contributed by atoms with van der Waals surface area (Å²) in [6, 6.07) is 16.1. The molecule has 1 N–H and O–H groups in total. The molecule has 0 saturated carbocycles. The summed E-state index contributed by atoms with van der Waals surface area (Å²) in [5, 5.41) is 7.16. The Hall–Kier alpha value is -3.30. The first kappa shape index (κ1) is 22.9. The van der Waals surface area contributed by atoms with Gasteiger partial charge in [0.25, 0.3) is 5.56 Å². The van der Waals surface area contributed by atoms with Crippen LogP contribution in [0.5, 0.6) is 0 Å². The van der Waals surface area contributed by atoms with E-state index in [1.54, 1.807) is 56.3 Å². The third kappa shape index (κ3) is 4.74. The van der Waals surface area contributed by atoms with E-state index in [0.717, 1.165) is 17.5 Å². The largest absolute Gasteiger partial charge is 0.324 e. The molecule has 1 aliphatic rings. The van der Waals surface area contributed by atoms with E-state index in [2.05, 4.69) is 10.4 Å². The third-order valence-electron chi connectivity index (χ3n) is 5.78. The summed E-state index contributed by atoms with van der Waals surface area (Å²) in [7, 11) is -3.61. The first-order chi connectivity index (χ1) is 15.8. The Morgan fingerprint density at radius 3 is 2.42 bits per heavy atom. The maximum atomic E-state index is 13.1. The Balaban J connectivity index is 1.66. The van der Waals surface area contributed by atoms with Crippen LogP contribution in [-0.2, 0) is 14.8 Å². The van der Waals surface area contributed by atoms with Gasteiger partial charge in [-0.2, -0.15) is 9.40 Å². The average Bonchev–Trinajstić information content (AvgIpc) is 3.36. The van der Waals surface area contributed by atoms with Crippen LogP contribution >= 0.6 is 0 Å². The number of para-hydroxylation sites is 1. The molecular weight excluding hydrogens is 440 g/mol. The van der Waals surface area contributed by atoms with Gasteiger partial charge in [-0.15, -0.1) is 0 Å². The number of nitrogens with zero attached hydrogens (tertiary/aromatic N) is 3. The van der Waals surface area contributed by atoms with Crippen LogP contribution in [0.3, 0.4) is 0 Å². The number of aryl methyl sites for hydroxylation is 1. The van der Waals surface area contributed by atoms with Crippen LogP contribution in [0.1, 0.15) is 31.4 Å². The zero-order valence-electron chi connectivity index (χ0n) is 18.6. The summed E-state index contributed by atoms with van der Waals surface area (Å²) in [6.07, 6.45) is 1.71. The number of aromatic nitrogens is 2. The van der Waals surface area contributed by atoms with E-state index >= 15 is 0 Å². The molecule has 1 aromatic heterocycles. The second kappa shape index (κ2) is 9.29. The number of hydrogen-bond acceptors (Lipinski definition) is 5. The van der Waals surface area contributed by atoms with E-state index in [1.807, 2.05) is 6.07 Å². The topological polar surface area (TPSA) is 101 Å². The lowest BCUT2D eigenvalue weighted by molar-refractivity contribution is -0.119. The molecule has 2 aromatic carbocycles. The molecule has 0 bridgehead atoms. The van der Waals surface area contributed by atoms with Crippen molar-refractivity contribution in [3.63, 3.8) is 0 Å². The van der Waals surface area contributed by atoms with E-state index in [1.165, 1.54) is 16.4 Å². The highest BCUT2D eigenvalue weighted by atomic mass is 32.2. The van der Waals surface area contributed by atoms with Crippen LogP contribution in [0.4, 0.5) is 5.69 Å². The zero-order valence-corrected chi connectivity index (χ0v) is 19.4. The molecule has 3 aromatic rings. The Kier molecular flexibility index (Phi) is 6.44. The number of rotatable bonds is 6. The fourth-order valence-corrected chi connectivity index (χ4v) is 5.61. The summed E-state index contributed by atoms with van der Waals surface area (Å²) >= 11 is 0. The van der Waals surface area contributed by atoms with Crippen LogP contribution in [-0.4, -0.2) is 41.5 Å². The molecule has 0 radical (unpaired) electrons. The summed E-state index contributed by atoms with van der Waals surface area (Å²) in [5.41, 5.74) is 1.81. The minimum Gasteiger partial charge on any atom is -0.324 e. The smallest absolute Gasteiger partial charge is 0.267 e. The fraction of sp³-hybridized carbons (Fsp3) is 0.292. The standard InChI is InChI=1S/C24H26N4O4S/c1-17-10-11-19(16-22(17)33(31,32)27-14-6-7-15-27)21-12-13-23(29)28(26-21)18(2)24(30)25-20-8-4-3-5-9-20/h3-5,8-13,16,18H,6-7,14-15H2,1-2H3,(H,25,30). The molecule has 1 aliphatic heterocycles. The Morgan fingerprint density at radius 2 is 1.73 bits per heavy atom. The highest BCUT2D eigenvalue weighted by molar-refractivity contribution is 7.89. The lowest BCUT2D eigenvalue weighted by atomic mass is 10.1. The molecule has 1 amide bonds. The van der Waals surface area contributed by atoms with Crippen LogP contribution in [0.2, 0.25) is 0 Å². The van der Waals surface area contributed by atoms with Gasteiger partial charge in [0, 0.05) is 30.4 Å². The van der Waals surface area contributed by atoms with Gasteiger partial charge >= 0.3 is 0 Å². The lowest BCUT2D eigenvalue weighted by Crippen LogP contribution is -2.33. The molecule has 2 heterocycles. The van der Waals surface area contributed by atoms with E-state index in [0.29, 0.717) is 35.6 Å². The van der Waals surface area contributed by atoms with Gasteiger partial charge in [0.15, 0.2) is 0 Å². The Bertz CT molecular complexity index is 1330. The van der Waals surface area contributed by atoms with Crippen LogP contribution < -0.4 is 10.9 Å². The number of nitrogens with one attached hydrogen (secondary N) is 1.